The van der Waals surface area contributed by atoms with Crippen LogP contribution in [-0.4, -0.2) is 54.3 Å². The van der Waals surface area contributed by atoms with Crippen molar-refractivity contribution in [3.8, 4) is 0 Å². The molecule has 0 saturated carbocycles. The number of anilines is 1. The molecule has 2 aliphatic heterocycles. The van der Waals surface area contributed by atoms with Crippen molar-refractivity contribution < 1.29 is 14.0 Å². The largest absolute Gasteiger partial charge is 0.331 e. The Hall–Kier alpha value is -1.95. The first-order valence-electron chi connectivity index (χ1n) is 9.08. The van der Waals surface area contributed by atoms with Crippen LogP contribution in [0.3, 0.4) is 0 Å². The fourth-order valence-electron chi connectivity index (χ4n) is 4.06. The maximum Gasteiger partial charge on any atom is 0.313 e. The van der Waals surface area contributed by atoms with Gasteiger partial charge in [-0.2, -0.15) is 0 Å². The van der Waals surface area contributed by atoms with Crippen LogP contribution in [0.5, 0.6) is 0 Å². The Morgan fingerprint density at radius 1 is 1.28 bits per heavy atom. The lowest BCUT2D eigenvalue weighted by Crippen LogP contribution is -2.57. The molecule has 5 nitrogen and oxygen atoms in total. The lowest BCUT2D eigenvalue weighted by molar-refractivity contribution is -0.148. The molecule has 1 aromatic rings. The van der Waals surface area contributed by atoms with Crippen LogP contribution in [0.1, 0.15) is 31.7 Å². The minimum atomic E-state index is -0.678. The number of likely N-dealkylation sites (tertiary alicyclic amines) is 2. The highest BCUT2D eigenvalue weighted by atomic mass is 19.1. The monoisotopic (exact) mass is 347 g/mol. The number of nitrogens with zero attached hydrogens (tertiary/aromatic N) is 2. The van der Waals surface area contributed by atoms with Crippen molar-refractivity contribution in [2.45, 2.75) is 38.6 Å². The summed E-state index contributed by atoms with van der Waals surface area (Å²) in [5, 5.41) is 2.55. The van der Waals surface area contributed by atoms with Gasteiger partial charge in [0.2, 0.25) is 0 Å². The zero-order valence-corrected chi connectivity index (χ0v) is 14.9. The molecule has 2 fully saturated rings. The van der Waals surface area contributed by atoms with Gasteiger partial charge in [-0.25, -0.2) is 4.39 Å². The molecule has 136 valence electrons. The first-order valence-corrected chi connectivity index (χ1v) is 9.08. The van der Waals surface area contributed by atoms with Crippen molar-refractivity contribution in [2.24, 2.45) is 5.92 Å². The van der Waals surface area contributed by atoms with E-state index < -0.39 is 11.8 Å². The first kappa shape index (κ1) is 17.9. The number of rotatable bonds is 2. The molecule has 2 saturated heterocycles. The summed E-state index contributed by atoms with van der Waals surface area (Å²) in [6.45, 7) is 4.41. The van der Waals surface area contributed by atoms with Gasteiger partial charge < -0.3 is 15.1 Å². The number of amides is 2. The van der Waals surface area contributed by atoms with E-state index >= 15 is 0 Å². The first-order chi connectivity index (χ1) is 12.0. The maximum atomic E-state index is 13.9. The zero-order chi connectivity index (χ0) is 18.0. The predicted molar refractivity (Wildman–Crippen MR) is 94.7 cm³/mol. The number of benzene rings is 1. The van der Waals surface area contributed by atoms with Crippen LogP contribution in [0.15, 0.2) is 18.2 Å². The third kappa shape index (κ3) is 3.84. The number of carbonyl (C=O) groups excluding carboxylic acids is 2. The van der Waals surface area contributed by atoms with E-state index in [1.54, 1.807) is 17.0 Å². The fourth-order valence-corrected chi connectivity index (χ4v) is 4.06. The molecule has 0 unspecified atom stereocenters. The van der Waals surface area contributed by atoms with E-state index in [-0.39, 0.29) is 11.9 Å². The van der Waals surface area contributed by atoms with Crippen molar-refractivity contribution >= 4 is 17.5 Å². The van der Waals surface area contributed by atoms with Gasteiger partial charge in [-0.3, -0.25) is 9.59 Å². The number of carbonyl (C=O) groups is 2. The van der Waals surface area contributed by atoms with E-state index in [9.17, 15) is 14.0 Å². The van der Waals surface area contributed by atoms with E-state index in [0.29, 0.717) is 30.1 Å². The normalized spacial score (nSPS) is 23.9. The van der Waals surface area contributed by atoms with Gasteiger partial charge >= 0.3 is 11.8 Å². The molecular formula is C19H26FN3O2. The van der Waals surface area contributed by atoms with Gasteiger partial charge in [-0.05, 0) is 62.9 Å². The summed E-state index contributed by atoms with van der Waals surface area (Å²) in [6, 6.07) is 4.70. The van der Waals surface area contributed by atoms with Gasteiger partial charge in [-0.1, -0.05) is 13.0 Å². The van der Waals surface area contributed by atoms with E-state index in [2.05, 4.69) is 17.3 Å². The molecule has 2 aliphatic rings. The number of aryl methyl sites for hydroxylation is 1. The predicted octanol–water partition coefficient (Wildman–Crippen LogP) is 2.27. The van der Waals surface area contributed by atoms with Crippen molar-refractivity contribution in [2.75, 3.05) is 32.0 Å². The summed E-state index contributed by atoms with van der Waals surface area (Å²) in [7, 11) is 2.10. The fraction of sp³-hybridized carbons (Fsp3) is 0.579. The zero-order valence-electron chi connectivity index (χ0n) is 14.9. The summed E-state index contributed by atoms with van der Waals surface area (Å²) < 4.78 is 13.9. The summed E-state index contributed by atoms with van der Waals surface area (Å²) in [6.07, 6.45) is 3.52. The molecule has 3 rings (SSSR count). The van der Waals surface area contributed by atoms with Gasteiger partial charge in [0.25, 0.3) is 0 Å². The minimum Gasteiger partial charge on any atom is -0.331 e. The Bertz CT molecular complexity index is 664. The third-order valence-corrected chi connectivity index (χ3v) is 5.42. The summed E-state index contributed by atoms with van der Waals surface area (Å²) in [4.78, 5) is 29.0. The molecular weight excluding hydrogens is 321 g/mol. The van der Waals surface area contributed by atoms with E-state index in [1.165, 1.54) is 6.07 Å². The Morgan fingerprint density at radius 3 is 2.80 bits per heavy atom. The Morgan fingerprint density at radius 2 is 2.08 bits per heavy atom. The molecule has 0 aliphatic carbocycles. The molecule has 1 aromatic carbocycles. The summed E-state index contributed by atoms with van der Waals surface area (Å²) in [5.41, 5.74) is 0.916. The average molecular weight is 347 g/mol. The van der Waals surface area contributed by atoms with Crippen LogP contribution < -0.4 is 5.32 Å². The minimum absolute atomic E-state index is 0.141. The molecule has 6 heteroatoms. The molecule has 2 heterocycles. The highest BCUT2D eigenvalue weighted by Gasteiger charge is 2.39. The van der Waals surface area contributed by atoms with Crippen LogP contribution in [0, 0.1) is 11.7 Å². The van der Waals surface area contributed by atoms with E-state index in [4.69, 9.17) is 0 Å². The number of piperidine rings is 2. The van der Waals surface area contributed by atoms with Crippen LogP contribution in [-0.2, 0) is 16.0 Å². The standard InChI is InChI=1S/C19H26FN3O2/c1-3-13-6-7-15(11-16(13)20)21-18(24)19(25)23-9-4-5-14-12-22(2)10-8-17(14)23/h6-7,11,14,17H,3-5,8-10,12H2,1-2H3,(H,21,24)/t14-,17+/m0/s1. The van der Waals surface area contributed by atoms with Gasteiger partial charge in [0, 0.05) is 24.8 Å². The summed E-state index contributed by atoms with van der Waals surface area (Å²) >= 11 is 0. The van der Waals surface area contributed by atoms with Gasteiger partial charge in [-0.15, -0.1) is 0 Å². The SMILES string of the molecule is CCc1ccc(NC(=O)C(=O)N2CCC[C@H]3CN(C)CC[C@H]32)cc1F. The van der Waals surface area contributed by atoms with Gasteiger partial charge in [0.05, 0.1) is 0 Å². The number of fused-ring (bicyclic) bond motifs is 1. The molecule has 2 amide bonds. The molecule has 0 bridgehead atoms. The van der Waals surface area contributed by atoms with Crippen LogP contribution in [0.25, 0.3) is 0 Å². The van der Waals surface area contributed by atoms with Gasteiger partial charge in [0.1, 0.15) is 5.82 Å². The smallest absolute Gasteiger partial charge is 0.313 e. The number of halogens is 1. The van der Waals surface area contributed by atoms with Crippen LogP contribution in [0.4, 0.5) is 10.1 Å². The molecule has 0 aromatic heterocycles. The highest BCUT2D eigenvalue weighted by molar-refractivity contribution is 6.39. The van der Waals surface area contributed by atoms with Crippen molar-refractivity contribution in [1.29, 1.82) is 0 Å². The van der Waals surface area contributed by atoms with Crippen molar-refractivity contribution in [3.63, 3.8) is 0 Å². The number of hydrogen-bond donors (Lipinski definition) is 1. The second-order valence-corrected chi connectivity index (χ2v) is 7.13. The Kier molecular flexibility index (Phi) is 5.37. The molecule has 1 N–H and O–H groups in total. The van der Waals surface area contributed by atoms with E-state index in [1.807, 2.05) is 6.92 Å². The Balaban J connectivity index is 1.67. The van der Waals surface area contributed by atoms with Crippen LogP contribution >= 0.6 is 0 Å². The van der Waals surface area contributed by atoms with Gasteiger partial charge in [0.15, 0.2) is 0 Å². The lowest BCUT2D eigenvalue weighted by Gasteiger charge is -2.46. The summed E-state index contributed by atoms with van der Waals surface area (Å²) in [5.74, 6) is -1.10. The second kappa shape index (κ2) is 7.52. The average Bonchev–Trinajstić information content (AvgIpc) is 2.60. The van der Waals surface area contributed by atoms with Crippen molar-refractivity contribution in [3.05, 3.63) is 29.6 Å². The second-order valence-electron chi connectivity index (χ2n) is 7.13. The maximum absolute atomic E-state index is 13.9. The quantitative estimate of drug-likeness (QED) is 0.835. The van der Waals surface area contributed by atoms with Crippen LogP contribution in [0.2, 0.25) is 0 Å². The molecule has 25 heavy (non-hydrogen) atoms. The number of nitrogens with one attached hydrogen (secondary N) is 1. The van der Waals surface area contributed by atoms with E-state index in [0.717, 1.165) is 32.4 Å². The molecule has 0 spiro atoms. The third-order valence-electron chi connectivity index (χ3n) is 5.42. The highest BCUT2D eigenvalue weighted by Crippen LogP contribution is 2.30. The lowest BCUT2D eigenvalue weighted by atomic mass is 9.84. The molecule has 2 atom stereocenters. The topological polar surface area (TPSA) is 52.7 Å². The Labute approximate surface area is 148 Å². The number of hydrogen-bond acceptors (Lipinski definition) is 3. The molecule has 0 radical (unpaired) electrons. The van der Waals surface area contributed by atoms with Crippen molar-refractivity contribution in [1.82, 2.24) is 9.80 Å².